The van der Waals surface area contributed by atoms with Gasteiger partial charge in [-0.3, -0.25) is 4.90 Å². The van der Waals surface area contributed by atoms with Crippen molar-refractivity contribution in [2.75, 3.05) is 32.4 Å². The molecular formula is C15H24FN3. The van der Waals surface area contributed by atoms with E-state index in [1.165, 1.54) is 19.4 Å². The maximum Gasteiger partial charge on any atom is 0.150 e. The molecular weight excluding hydrogens is 241 g/mol. The van der Waals surface area contributed by atoms with Crippen LogP contribution < -0.4 is 5.73 Å². The van der Waals surface area contributed by atoms with Crippen molar-refractivity contribution in [3.8, 4) is 0 Å². The number of likely N-dealkylation sites (N-methyl/N-ethyl adjacent to an activating group) is 2. The molecule has 2 rings (SSSR count). The predicted molar refractivity (Wildman–Crippen MR) is 77.4 cm³/mol. The molecule has 0 aliphatic carbocycles. The zero-order valence-corrected chi connectivity index (χ0v) is 11.9. The van der Waals surface area contributed by atoms with Crippen LogP contribution in [-0.2, 0) is 6.54 Å². The monoisotopic (exact) mass is 265 g/mol. The molecule has 19 heavy (non-hydrogen) atoms. The SMILES string of the molecule is CCN1CCCC1CN(C)Cc1cccc(N)c1F. The van der Waals surface area contributed by atoms with Crippen LogP contribution in [0.2, 0.25) is 0 Å². The molecule has 1 heterocycles. The van der Waals surface area contributed by atoms with Gasteiger partial charge in [-0.25, -0.2) is 4.39 Å². The van der Waals surface area contributed by atoms with Gasteiger partial charge in [0.2, 0.25) is 0 Å². The van der Waals surface area contributed by atoms with E-state index < -0.39 is 0 Å². The van der Waals surface area contributed by atoms with E-state index in [1.807, 2.05) is 12.1 Å². The summed E-state index contributed by atoms with van der Waals surface area (Å²) in [5, 5.41) is 0. The van der Waals surface area contributed by atoms with Crippen LogP contribution in [0.5, 0.6) is 0 Å². The first-order chi connectivity index (χ1) is 9.11. The van der Waals surface area contributed by atoms with Crippen LogP contribution in [0.25, 0.3) is 0 Å². The van der Waals surface area contributed by atoms with Crippen LogP contribution in [0.1, 0.15) is 25.3 Å². The molecule has 0 saturated carbocycles. The normalized spacial score (nSPS) is 20.3. The van der Waals surface area contributed by atoms with Crippen molar-refractivity contribution in [3.63, 3.8) is 0 Å². The second-order valence-electron chi connectivity index (χ2n) is 5.44. The summed E-state index contributed by atoms with van der Waals surface area (Å²) in [6.07, 6.45) is 2.52. The molecule has 1 unspecified atom stereocenters. The highest BCUT2D eigenvalue weighted by molar-refractivity contribution is 5.42. The Morgan fingerprint density at radius 1 is 1.47 bits per heavy atom. The summed E-state index contributed by atoms with van der Waals surface area (Å²) in [4.78, 5) is 4.70. The molecule has 0 spiro atoms. The Morgan fingerprint density at radius 2 is 2.26 bits per heavy atom. The third kappa shape index (κ3) is 3.45. The summed E-state index contributed by atoms with van der Waals surface area (Å²) in [5.74, 6) is -0.270. The fourth-order valence-electron chi connectivity index (χ4n) is 2.96. The van der Waals surface area contributed by atoms with Gasteiger partial charge >= 0.3 is 0 Å². The largest absolute Gasteiger partial charge is 0.396 e. The average molecular weight is 265 g/mol. The Hall–Kier alpha value is -1.13. The lowest BCUT2D eigenvalue weighted by Gasteiger charge is -2.27. The van der Waals surface area contributed by atoms with Crippen molar-refractivity contribution in [3.05, 3.63) is 29.6 Å². The molecule has 4 heteroatoms. The van der Waals surface area contributed by atoms with Gasteiger partial charge in [-0.1, -0.05) is 19.1 Å². The van der Waals surface area contributed by atoms with Crippen molar-refractivity contribution in [2.24, 2.45) is 0 Å². The lowest BCUT2D eigenvalue weighted by molar-refractivity contribution is 0.193. The minimum atomic E-state index is -0.270. The summed E-state index contributed by atoms with van der Waals surface area (Å²) < 4.78 is 13.9. The summed E-state index contributed by atoms with van der Waals surface area (Å²) in [6, 6.07) is 5.84. The number of nitrogens with two attached hydrogens (primary N) is 1. The number of halogens is 1. The van der Waals surface area contributed by atoms with Gasteiger partial charge in [0, 0.05) is 24.7 Å². The zero-order valence-electron chi connectivity index (χ0n) is 11.9. The third-order valence-corrected chi connectivity index (χ3v) is 3.98. The number of nitrogens with zero attached hydrogens (tertiary/aromatic N) is 2. The summed E-state index contributed by atoms with van der Waals surface area (Å²) in [7, 11) is 2.05. The molecule has 1 aromatic carbocycles. The highest BCUT2D eigenvalue weighted by Crippen LogP contribution is 2.20. The van der Waals surface area contributed by atoms with E-state index in [0.717, 1.165) is 13.1 Å². The number of rotatable bonds is 5. The van der Waals surface area contributed by atoms with Crippen LogP contribution >= 0.6 is 0 Å². The van der Waals surface area contributed by atoms with E-state index >= 15 is 0 Å². The summed E-state index contributed by atoms with van der Waals surface area (Å²) in [5.41, 5.74) is 6.52. The van der Waals surface area contributed by atoms with Gasteiger partial charge in [-0.15, -0.1) is 0 Å². The Labute approximate surface area is 115 Å². The Kier molecular flexibility index (Phi) is 4.77. The first-order valence-electron chi connectivity index (χ1n) is 7.07. The van der Waals surface area contributed by atoms with Crippen LogP contribution in [-0.4, -0.2) is 42.5 Å². The predicted octanol–water partition coefficient (Wildman–Crippen LogP) is 2.32. The van der Waals surface area contributed by atoms with Crippen molar-refractivity contribution in [1.29, 1.82) is 0 Å². The van der Waals surface area contributed by atoms with Crippen molar-refractivity contribution in [1.82, 2.24) is 9.80 Å². The van der Waals surface area contributed by atoms with E-state index in [1.54, 1.807) is 6.07 Å². The smallest absolute Gasteiger partial charge is 0.150 e. The molecule has 2 N–H and O–H groups in total. The molecule has 106 valence electrons. The Bertz CT molecular complexity index is 422. The molecule has 0 amide bonds. The first kappa shape index (κ1) is 14.3. The number of anilines is 1. The number of hydrogen-bond donors (Lipinski definition) is 1. The van der Waals surface area contributed by atoms with Crippen LogP contribution in [0.3, 0.4) is 0 Å². The molecule has 3 nitrogen and oxygen atoms in total. The maximum atomic E-state index is 13.9. The third-order valence-electron chi connectivity index (χ3n) is 3.98. The van der Waals surface area contributed by atoms with Crippen LogP contribution in [0.4, 0.5) is 10.1 Å². The van der Waals surface area contributed by atoms with Crippen molar-refractivity contribution >= 4 is 5.69 Å². The second-order valence-corrected chi connectivity index (χ2v) is 5.44. The Morgan fingerprint density at radius 3 is 3.00 bits per heavy atom. The number of likely N-dealkylation sites (tertiary alicyclic amines) is 1. The van der Waals surface area contributed by atoms with Gasteiger partial charge in [-0.05, 0) is 39.0 Å². The second kappa shape index (κ2) is 6.35. The Balaban J connectivity index is 1.94. The average Bonchev–Trinajstić information content (AvgIpc) is 2.82. The van der Waals surface area contributed by atoms with E-state index in [4.69, 9.17) is 5.73 Å². The van der Waals surface area contributed by atoms with E-state index in [0.29, 0.717) is 18.2 Å². The number of nitrogen functional groups attached to an aromatic ring is 1. The molecule has 1 aliphatic rings. The molecule has 0 radical (unpaired) electrons. The molecule has 1 aliphatic heterocycles. The topological polar surface area (TPSA) is 32.5 Å². The lowest BCUT2D eigenvalue weighted by atomic mass is 10.1. The molecule has 1 aromatic rings. The maximum absolute atomic E-state index is 13.9. The van der Waals surface area contributed by atoms with E-state index in [-0.39, 0.29) is 11.5 Å². The van der Waals surface area contributed by atoms with Gasteiger partial charge in [0.25, 0.3) is 0 Å². The first-order valence-corrected chi connectivity index (χ1v) is 7.07. The highest BCUT2D eigenvalue weighted by atomic mass is 19.1. The van der Waals surface area contributed by atoms with Gasteiger partial charge in [-0.2, -0.15) is 0 Å². The highest BCUT2D eigenvalue weighted by Gasteiger charge is 2.24. The number of hydrogen-bond acceptors (Lipinski definition) is 3. The van der Waals surface area contributed by atoms with Crippen LogP contribution in [0.15, 0.2) is 18.2 Å². The van der Waals surface area contributed by atoms with Crippen LogP contribution in [0, 0.1) is 5.82 Å². The van der Waals surface area contributed by atoms with E-state index in [2.05, 4.69) is 23.8 Å². The fraction of sp³-hybridized carbons (Fsp3) is 0.600. The number of benzene rings is 1. The van der Waals surface area contributed by atoms with E-state index in [9.17, 15) is 4.39 Å². The summed E-state index contributed by atoms with van der Waals surface area (Å²) >= 11 is 0. The standard InChI is InChI=1S/C15H24FN3/c1-3-19-9-5-7-13(19)11-18(2)10-12-6-4-8-14(17)15(12)16/h4,6,8,13H,3,5,7,9-11,17H2,1-2H3. The van der Waals surface area contributed by atoms with Crippen molar-refractivity contribution in [2.45, 2.75) is 32.4 Å². The quantitative estimate of drug-likeness (QED) is 0.829. The van der Waals surface area contributed by atoms with Crippen molar-refractivity contribution < 1.29 is 4.39 Å². The fourth-order valence-corrected chi connectivity index (χ4v) is 2.96. The molecule has 0 aromatic heterocycles. The van der Waals surface area contributed by atoms with Gasteiger partial charge in [0.15, 0.2) is 5.82 Å². The molecule has 0 bridgehead atoms. The molecule has 1 saturated heterocycles. The van der Waals surface area contributed by atoms with Gasteiger partial charge in [0.1, 0.15) is 0 Å². The lowest BCUT2D eigenvalue weighted by Crippen LogP contribution is -2.38. The minimum Gasteiger partial charge on any atom is -0.396 e. The molecule has 1 atom stereocenters. The zero-order chi connectivity index (χ0) is 13.8. The van der Waals surface area contributed by atoms with Gasteiger partial charge in [0.05, 0.1) is 5.69 Å². The van der Waals surface area contributed by atoms with Gasteiger partial charge < -0.3 is 10.6 Å². The minimum absolute atomic E-state index is 0.238. The molecule has 1 fully saturated rings. The summed E-state index contributed by atoms with van der Waals surface area (Å²) in [6.45, 7) is 6.11.